The lowest BCUT2D eigenvalue weighted by molar-refractivity contribution is -0.893. The third-order valence-corrected chi connectivity index (χ3v) is 6.26. The number of nitrogens with zero attached hydrogens (tertiary/aromatic N) is 1. The molecule has 1 aromatic carbocycles. The van der Waals surface area contributed by atoms with Crippen molar-refractivity contribution in [1.82, 2.24) is 4.98 Å². The van der Waals surface area contributed by atoms with Gasteiger partial charge in [-0.05, 0) is 23.9 Å². The molecule has 5 nitrogen and oxygen atoms in total. The van der Waals surface area contributed by atoms with E-state index < -0.39 is 0 Å². The lowest BCUT2D eigenvalue weighted by Crippen LogP contribution is -3.10. The van der Waals surface area contributed by atoms with Crippen LogP contribution in [0.3, 0.4) is 0 Å². The predicted octanol–water partition coefficient (Wildman–Crippen LogP) is 1.82. The Morgan fingerprint density at radius 3 is 3.04 bits per heavy atom. The van der Waals surface area contributed by atoms with Crippen LogP contribution in [0.15, 0.2) is 42.3 Å². The molecule has 0 radical (unpaired) electrons. The highest BCUT2D eigenvalue weighted by Crippen LogP contribution is 2.41. The van der Waals surface area contributed by atoms with Crippen molar-refractivity contribution in [3.63, 3.8) is 0 Å². The van der Waals surface area contributed by atoms with Crippen molar-refractivity contribution in [2.45, 2.75) is 25.5 Å². The molecule has 2 unspecified atom stereocenters. The second-order valence-corrected chi connectivity index (χ2v) is 7.50. The summed E-state index contributed by atoms with van der Waals surface area (Å²) >= 11 is 0. The molecular formula is C21H22N2O3. The number of nitrogens with one attached hydrogen (secondary N) is 1. The second-order valence-electron chi connectivity index (χ2n) is 7.50. The van der Waals surface area contributed by atoms with Gasteiger partial charge in [0, 0.05) is 12.3 Å². The van der Waals surface area contributed by atoms with Crippen molar-refractivity contribution in [3.8, 4) is 0 Å². The van der Waals surface area contributed by atoms with Gasteiger partial charge >= 0.3 is 5.97 Å². The van der Waals surface area contributed by atoms with Crippen LogP contribution < -0.4 is 9.88 Å². The first-order valence-electron chi connectivity index (χ1n) is 9.20. The average molecular weight is 350 g/mol. The van der Waals surface area contributed by atoms with Crippen LogP contribution in [0.25, 0.3) is 17.0 Å². The van der Waals surface area contributed by atoms with Crippen molar-refractivity contribution in [2.24, 2.45) is 11.8 Å². The minimum Gasteiger partial charge on any atom is -0.656 e. The van der Waals surface area contributed by atoms with E-state index in [-0.39, 0.29) is 24.0 Å². The average Bonchev–Trinajstić information content (AvgIpc) is 3.06. The zero-order chi connectivity index (χ0) is 17.8. The number of carbonyl (C=O) groups is 1. The smallest absolute Gasteiger partial charge is 0.337 e. The molecule has 1 aromatic heterocycles. The quantitative estimate of drug-likeness (QED) is 0.797. The minimum absolute atomic E-state index is 0.100. The van der Waals surface area contributed by atoms with Crippen molar-refractivity contribution >= 4 is 22.9 Å². The molecule has 0 amide bonds. The summed E-state index contributed by atoms with van der Waals surface area (Å²) in [7, 11) is 1.43. The first kappa shape index (κ1) is 15.7. The van der Waals surface area contributed by atoms with Crippen LogP contribution in [0.2, 0.25) is 0 Å². The Morgan fingerprint density at radius 1 is 1.35 bits per heavy atom. The van der Waals surface area contributed by atoms with Gasteiger partial charge in [-0.1, -0.05) is 30.0 Å². The van der Waals surface area contributed by atoms with Gasteiger partial charge in [0.15, 0.2) is 0 Å². The third kappa shape index (κ3) is 2.16. The summed E-state index contributed by atoms with van der Waals surface area (Å²) in [5, 5.41) is 1.21. The van der Waals surface area contributed by atoms with Gasteiger partial charge in [0.1, 0.15) is 6.10 Å². The number of hydrogen-bond donors (Lipinski definition) is 1. The maximum absolute atomic E-state index is 12.3. The van der Waals surface area contributed by atoms with Gasteiger partial charge in [0.25, 0.3) is 0 Å². The van der Waals surface area contributed by atoms with E-state index in [2.05, 4.69) is 37.4 Å². The summed E-state index contributed by atoms with van der Waals surface area (Å²) in [6.45, 7) is 3.03. The molecule has 1 N–H and O–H groups in total. The van der Waals surface area contributed by atoms with Crippen LogP contribution in [0.5, 0.6) is 0 Å². The highest BCUT2D eigenvalue weighted by atomic mass is 16.5. The molecular weight excluding hydrogens is 328 g/mol. The number of ether oxygens (including phenoxy) is 2. The highest BCUT2D eigenvalue weighted by Gasteiger charge is 2.47. The number of esters is 1. The predicted molar refractivity (Wildman–Crippen MR) is 97.1 cm³/mol. The Bertz CT molecular complexity index is 942. The van der Waals surface area contributed by atoms with E-state index in [0.29, 0.717) is 11.5 Å². The van der Waals surface area contributed by atoms with E-state index in [1.54, 1.807) is 6.26 Å². The number of fused-ring (bicyclic) bond motifs is 6. The molecule has 3 aliphatic heterocycles. The number of piperidine rings is 1. The third-order valence-electron chi connectivity index (χ3n) is 6.26. The Balaban J connectivity index is 1.57. The second kappa shape index (κ2) is 5.74. The van der Waals surface area contributed by atoms with Crippen LogP contribution in [-0.2, 0) is 14.3 Å². The number of aromatic nitrogens is 1. The minimum atomic E-state index is -0.275. The topological polar surface area (TPSA) is 54.1 Å². The van der Waals surface area contributed by atoms with Gasteiger partial charge in [0.05, 0.1) is 43.6 Å². The van der Waals surface area contributed by atoms with E-state index in [1.807, 2.05) is 6.07 Å². The number of hydrogen-bond acceptors (Lipinski definition) is 3. The maximum atomic E-state index is 12.3. The van der Waals surface area contributed by atoms with Gasteiger partial charge in [-0.15, -0.1) is 5.52 Å². The monoisotopic (exact) mass is 350 g/mol. The van der Waals surface area contributed by atoms with Crippen LogP contribution >= 0.6 is 0 Å². The van der Waals surface area contributed by atoms with Crippen LogP contribution in [0.1, 0.15) is 30.6 Å². The number of benzene rings is 1. The Labute approximate surface area is 152 Å². The molecule has 1 fully saturated rings. The van der Waals surface area contributed by atoms with Gasteiger partial charge < -0.3 is 19.4 Å². The van der Waals surface area contributed by atoms with Crippen molar-refractivity contribution < 1.29 is 19.2 Å². The number of rotatable bonds is 1. The highest BCUT2D eigenvalue weighted by molar-refractivity contribution is 5.91. The first-order chi connectivity index (χ1) is 12.7. The van der Waals surface area contributed by atoms with E-state index in [1.165, 1.54) is 23.0 Å². The van der Waals surface area contributed by atoms with Gasteiger partial charge in [-0.25, -0.2) is 4.79 Å². The van der Waals surface area contributed by atoms with Crippen LogP contribution in [-0.4, -0.2) is 25.7 Å². The molecule has 0 spiro atoms. The van der Waals surface area contributed by atoms with E-state index >= 15 is 0 Å². The lowest BCUT2D eigenvalue weighted by atomic mass is 9.73. The molecule has 0 aliphatic carbocycles. The summed E-state index contributed by atoms with van der Waals surface area (Å²) in [6.07, 6.45) is 7.08. The zero-order valence-electron chi connectivity index (χ0n) is 14.9. The van der Waals surface area contributed by atoms with E-state index in [0.717, 1.165) is 24.2 Å². The fourth-order valence-corrected chi connectivity index (χ4v) is 4.90. The van der Waals surface area contributed by atoms with E-state index in [4.69, 9.17) is 14.5 Å². The standard InChI is InChI=1S/C21H21N2O3/c1-12-16-10-23-8-7-14-13-5-3-4-6-18(13)22-20(14)19(23)9-15(16)17(11-26-12)21(24)25-2/h3-8,11-12,15-16,19H,9-10H2,1-2H3/q-1/p+1/t12-,15-,16-,19?/m0/s1. The van der Waals surface area contributed by atoms with Gasteiger partial charge in [0.2, 0.25) is 0 Å². The fraction of sp³-hybridized carbons (Fsp3) is 0.381. The lowest BCUT2D eigenvalue weighted by Gasteiger charge is -2.46. The van der Waals surface area contributed by atoms with Crippen LogP contribution in [0.4, 0.5) is 0 Å². The summed E-state index contributed by atoms with van der Waals surface area (Å²) in [4.78, 5) is 18.6. The zero-order valence-corrected chi connectivity index (χ0v) is 14.9. The summed E-state index contributed by atoms with van der Waals surface area (Å²) < 4.78 is 10.8. The van der Waals surface area contributed by atoms with Crippen molar-refractivity contribution in [1.29, 1.82) is 0 Å². The van der Waals surface area contributed by atoms with Gasteiger partial charge in [-0.2, -0.15) is 0 Å². The molecule has 5 atom stereocenters. The maximum Gasteiger partial charge on any atom is 0.337 e. The normalized spacial score (nSPS) is 32.1. The molecule has 0 saturated carbocycles. The van der Waals surface area contributed by atoms with Crippen LogP contribution in [0, 0.1) is 11.8 Å². The summed E-state index contributed by atoms with van der Waals surface area (Å²) in [5.74, 6) is 0.178. The molecule has 26 heavy (non-hydrogen) atoms. The molecule has 2 aromatic rings. The molecule has 0 bridgehead atoms. The Hall–Kier alpha value is -2.53. The number of carbonyl (C=O) groups excluding carboxylic acids is 1. The fourth-order valence-electron chi connectivity index (χ4n) is 4.90. The Kier molecular flexibility index (Phi) is 3.47. The molecule has 4 heterocycles. The Morgan fingerprint density at radius 2 is 2.19 bits per heavy atom. The van der Waals surface area contributed by atoms with Gasteiger partial charge in [-0.3, -0.25) is 0 Å². The van der Waals surface area contributed by atoms with Crippen molar-refractivity contribution in [3.05, 3.63) is 53.6 Å². The largest absolute Gasteiger partial charge is 0.656 e. The summed E-state index contributed by atoms with van der Waals surface area (Å²) in [6, 6.07) is 8.57. The number of quaternary nitrogens is 1. The number of methoxy groups -OCH3 is 1. The molecule has 134 valence electrons. The molecule has 5 heteroatoms. The van der Waals surface area contributed by atoms with Crippen molar-refractivity contribution in [2.75, 3.05) is 13.7 Å². The number of para-hydroxylation sites is 1. The van der Waals surface area contributed by atoms with E-state index in [9.17, 15) is 4.79 Å². The molecule has 3 aliphatic rings. The first-order valence-corrected chi connectivity index (χ1v) is 9.20. The summed E-state index contributed by atoms with van der Waals surface area (Å²) in [5.41, 5.74) is 4.11. The SMILES string of the molecule is COC(=O)C1=CO[C@@H](C)[C@@H]2C[NH+]3C=Cc4c([n-]c5ccccc45)C3C[C@H]12. The molecule has 1 saturated heterocycles. The molecule has 5 rings (SSSR count).